The van der Waals surface area contributed by atoms with E-state index in [4.69, 9.17) is 4.74 Å². The molecule has 1 aliphatic rings. The van der Waals surface area contributed by atoms with Gasteiger partial charge in [-0.05, 0) is 32.8 Å². The number of ether oxygens (including phenoxy) is 1. The number of hydrogen-bond acceptors (Lipinski definition) is 7. The Morgan fingerprint density at radius 3 is 2.75 bits per heavy atom. The molecule has 4 heterocycles. The molecule has 1 fully saturated rings. The second-order valence-electron chi connectivity index (χ2n) is 7.27. The Labute approximate surface area is 162 Å². The van der Waals surface area contributed by atoms with Gasteiger partial charge in [-0.25, -0.2) is 14.8 Å². The molecule has 2 N–H and O–H groups in total. The molecule has 3 aromatic rings. The molecule has 0 unspecified atom stereocenters. The van der Waals surface area contributed by atoms with E-state index < -0.39 is 0 Å². The summed E-state index contributed by atoms with van der Waals surface area (Å²) < 4.78 is 7.12. The first-order chi connectivity index (χ1) is 13.5. The maximum Gasteiger partial charge on any atom is 0.326 e. The molecule has 0 aromatic carbocycles. The van der Waals surface area contributed by atoms with Gasteiger partial charge in [-0.2, -0.15) is 4.98 Å². The smallest absolute Gasteiger partial charge is 0.326 e. The van der Waals surface area contributed by atoms with E-state index in [1.807, 2.05) is 19.9 Å². The lowest BCUT2D eigenvalue weighted by Crippen LogP contribution is -2.37. The average Bonchev–Trinajstić information content (AvgIpc) is 3.03. The minimum Gasteiger partial charge on any atom is -0.381 e. The monoisotopic (exact) mass is 383 g/mol. The summed E-state index contributed by atoms with van der Waals surface area (Å²) in [5, 5.41) is 3.21. The summed E-state index contributed by atoms with van der Waals surface area (Å²) >= 11 is 0. The lowest BCUT2D eigenvalue weighted by molar-refractivity contribution is 0.0816. The van der Waals surface area contributed by atoms with Crippen molar-refractivity contribution < 1.29 is 4.74 Å². The molecule has 3 aromatic heterocycles. The zero-order valence-electron chi connectivity index (χ0n) is 16.3. The van der Waals surface area contributed by atoms with Gasteiger partial charge >= 0.3 is 5.69 Å². The largest absolute Gasteiger partial charge is 0.381 e. The Kier molecular flexibility index (Phi) is 4.99. The number of nitrogens with zero attached hydrogens (tertiary/aromatic N) is 5. The summed E-state index contributed by atoms with van der Waals surface area (Å²) in [6.45, 7) is 5.68. The maximum absolute atomic E-state index is 12.1. The van der Waals surface area contributed by atoms with Crippen molar-refractivity contribution in [1.29, 1.82) is 0 Å². The lowest BCUT2D eigenvalue weighted by Gasteiger charge is -2.31. The van der Waals surface area contributed by atoms with Gasteiger partial charge < -0.3 is 19.9 Å². The molecule has 0 spiro atoms. The van der Waals surface area contributed by atoms with E-state index in [1.165, 1.54) is 0 Å². The Hall–Kier alpha value is -2.94. The fourth-order valence-corrected chi connectivity index (χ4v) is 3.60. The van der Waals surface area contributed by atoms with Gasteiger partial charge in [0.1, 0.15) is 11.6 Å². The summed E-state index contributed by atoms with van der Waals surface area (Å²) in [5.74, 6) is 1.98. The second-order valence-corrected chi connectivity index (χ2v) is 7.27. The van der Waals surface area contributed by atoms with Crippen LogP contribution < -0.4 is 15.9 Å². The number of rotatable bonds is 5. The van der Waals surface area contributed by atoms with Crippen LogP contribution in [-0.2, 0) is 4.74 Å². The van der Waals surface area contributed by atoms with Crippen molar-refractivity contribution in [3.8, 4) is 0 Å². The molecule has 28 heavy (non-hydrogen) atoms. The average molecular weight is 383 g/mol. The lowest BCUT2D eigenvalue weighted by atomic mass is 10.1. The van der Waals surface area contributed by atoms with Crippen LogP contribution in [0.4, 0.5) is 17.6 Å². The summed E-state index contributed by atoms with van der Waals surface area (Å²) in [6.07, 6.45) is 5.69. The van der Waals surface area contributed by atoms with Gasteiger partial charge in [-0.3, -0.25) is 4.57 Å². The number of pyridine rings is 1. The highest BCUT2D eigenvalue weighted by molar-refractivity contribution is 5.78. The van der Waals surface area contributed by atoms with Gasteiger partial charge in [0.15, 0.2) is 0 Å². The van der Waals surface area contributed by atoms with E-state index in [0.29, 0.717) is 23.7 Å². The number of aromatic amines is 1. The normalized spacial score (nSPS) is 15.5. The number of imidazole rings is 1. The summed E-state index contributed by atoms with van der Waals surface area (Å²) in [4.78, 5) is 30.6. The number of methoxy groups -OCH3 is 1. The number of H-pyrrole nitrogens is 1. The molecule has 0 radical (unpaired) electrons. The number of piperidine rings is 1. The van der Waals surface area contributed by atoms with Crippen molar-refractivity contribution in [3.05, 3.63) is 35.0 Å². The molecule has 9 nitrogen and oxygen atoms in total. The van der Waals surface area contributed by atoms with Crippen molar-refractivity contribution in [1.82, 2.24) is 24.5 Å². The van der Waals surface area contributed by atoms with E-state index in [-0.39, 0.29) is 11.7 Å². The van der Waals surface area contributed by atoms with Crippen LogP contribution in [0, 0.1) is 0 Å². The summed E-state index contributed by atoms with van der Waals surface area (Å²) in [7, 11) is 1.76. The van der Waals surface area contributed by atoms with Crippen molar-refractivity contribution in [2.75, 3.05) is 30.4 Å². The van der Waals surface area contributed by atoms with Crippen LogP contribution in [-0.4, -0.2) is 50.8 Å². The molecule has 1 aliphatic heterocycles. The first-order valence-corrected chi connectivity index (χ1v) is 9.53. The molecule has 9 heteroatoms. The highest BCUT2D eigenvalue weighted by atomic mass is 16.5. The quantitative estimate of drug-likeness (QED) is 0.698. The Morgan fingerprint density at radius 1 is 1.25 bits per heavy atom. The molecule has 0 amide bonds. The minimum absolute atomic E-state index is 0.0635. The third-order valence-corrected chi connectivity index (χ3v) is 5.08. The molecule has 0 bridgehead atoms. The van der Waals surface area contributed by atoms with Crippen LogP contribution in [0.3, 0.4) is 0 Å². The number of nitrogens with one attached hydrogen (secondary N) is 2. The van der Waals surface area contributed by atoms with Gasteiger partial charge in [0, 0.05) is 38.5 Å². The topological polar surface area (TPSA) is 101 Å². The third-order valence-electron chi connectivity index (χ3n) is 5.08. The van der Waals surface area contributed by atoms with Gasteiger partial charge in [-0.15, -0.1) is 0 Å². The molecular formula is C19H25N7O2. The predicted octanol–water partition coefficient (Wildman–Crippen LogP) is 2.45. The summed E-state index contributed by atoms with van der Waals surface area (Å²) in [5.41, 5.74) is 1.40. The minimum atomic E-state index is -0.132. The molecule has 0 aliphatic carbocycles. The van der Waals surface area contributed by atoms with Crippen molar-refractivity contribution >= 4 is 28.6 Å². The van der Waals surface area contributed by atoms with Gasteiger partial charge in [0.05, 0.1) is 23.3 Å². The zero-order valence-corrected chi connectivity index (χ0v) is 16.3. The number of anilines is 3. The zero-order chi connectivity index (χ0) is 19.7. The van der Waals surface area contributed by atoms with E-state index >= 15 is 0 Å². The molecule has 0 saturated carbocycles. The van der Waals surface area contributed by atoms with Gasteiger partial charge in [0.2, 0.25) is 5.95 Å². The van der Waals surface area contributed by atoms with Crippen molar-refractivity contribution in [2.45, 2.75) is 38.8 Å². The fourth-order valence-electron chi connectivity index (χ4n) is 3.60. The molecular weight excluding hydrogens is 358 g/mol. The molecule has 148 valence electrons. The third kappa shape index (κ3) is 3.57. The highest BCUT2D eigenvalue weighted by Crippen LogP contribution is 2.22. The van der Waals surface area contributed by atoms with Crippen LogP contribution in [0.15, 0.2) is 29.3 Å². The fraction of sp³-hybridized carbons (Fsp3) is 0.474. The second kappa shape index (κ2) is 7.59. The van der Waals surface area contributed by atoms with Crippen LogP contribution in [0.25, 0.3) is 11.0 Å². The molecule has 1 saturated heterocycles. The van der Waals surface area contributed by atoms with Crippen LogP contribution in [0.1, 0.15) is 32.7 Å². The standard InChI is InChI=1S/C19H25N7O2/c1-12(2)26-15-11-21-17(10-14(15)22-19(26)27)23-16-4-7-20-18(24-16)25-8-5-13(28-3)6-9-25/h4,7,10-13H,5-6,8-9H2,1-3H3,(H,22,27)(H,20,21,23,24). The summed E-state index contributed by atoms with van der Waals surface area (Å²) in [6, 6.07) is 3.69. The van der Waals surface area contributed by atoms with Crippen LogP contribution >= 0.6 is 0 Å². The van der Waals surface area contributed by atoms with Crippen molar-refractivity contribution in [3.63, 3.8) is 0 Å². The number of aromatic nitrogens is 5. The van der Waals surface area contributed by atoms with Gasteiger partial charge in [-0.1, -0.05) is 0 Å². The predicted molar refractivity (Wildman–Crippen MR) is 108 cm³/mol. The number of fused-ring (bicyclic) bond motifs is 1. The first kappa shape index (κ1) is 18.4. The Balaban J connectivity index is 1.54. The van der Waals surface area contributed by atoms with E-state index in [0.717, 1.165) is 37.0 Å². The van der Waals surface area contributed by atoms with E-state index in [1.54, 1.807) is 30.1 Å². The number of hydrogen-bond donors (Lipinski definition) is 2. The molecule has 4 rings (SSSR count). The maximum atomic E-state index is 12.1. The van der Waals surface area contributed by atoms with Gasteiger partial charge in [0.25, 0.3) is 0 Å². The first-order valence-electron chi connectivity index (χ1n) is 9.53. The van der Waals surface area contributed by atoms with Crippen molar-refractivity contribution in [2.24, 2.45) is 0 Å². The molecule has 0 atom stereocenters. The Morgan fingerprint density at radius 2 is 2.04 bits per heavy atom. The van der Waals surface area contributed by atoms with Crippen LogP contribution in [0.2, 0.25) is 0 Å². The highest BCUT2D eigenvalue weighted by Gasteiger charge is 2.20. The SMILES string of the molecule is COC1CCN(c2nccc(Nc3cc4[nH]c(=O)n(C(C)C)c4cn3)n2)CC1. The van der Waals surface area contributed by atoms with Crippen LogP contribution in [0.5, 0.6) is 0 Å². The van der Waals surface area contributed by atoms with E-state index in [2.05, 4.69) is 30.2 Å². The Bertz CT molecular complexity index is 1020. The van der Waals surface area contributed by atoms with E-state index in [9.17, 15) is 4.79 Å².